The van der Waals surface area contributed by atoms with E-state index in [2.05, 4.69) is 16.0 Å². The van der Waals surface area contributed by atoms with Crippen LogP contribution in [0.15, 0.2) is 48.5 Å². The van der Waals surface area contributed by atoms with Crippen molar-refractivity contribution < 1.29 is 19.1 Å². The lowest BCUT2D eigenvalue weighted by Crippen LogP contribution is -2.27. The summed E-state index contributed by atoms with van der Waals surface area (Å²) in [6.45, 7) is 9.09. The topological polar surface area (TPSA) is 88.7 Å². The van der Waals surface area contributed by atoms with Crippen LogP contribution in [0.2, 0.25) is 0 Å². The molecule has 0 unspecified atom stereocenters. The Morgan fingerprint density at radius 2 is 1.67 bits per heavy atom. The van der Waals surface area contributed by atoms with E-state index in [-0.39, 0.29) is 18.4 Å². The lowest BCUT2D eigenvalue weighted by molar-refractivity contribution is -0.123. The van der Waals surface area contributed by atoms with Gasteiger partial charge in [-0.15, -0.1) is 0 Å². The first-order valence-corrected chi connectivity index (χ1v) is 10.0. The van der Waals surface area contributed by atoms with Crippen LogP contribution in [-0.2, 0) is 14.3 Å². The van der Waals surface area contributed by atoms with Crippen molar-refractivity contribution in [3.8, 4) is 5.75 Å². The molecule has 2 aromatic rings. The second-order valence-electron chi connectivity index (χ2n) is 7.73. The molecule has 0 saturated heterocycles. The molecule has 0 radical (unpaired) electrons. The Balaban J connectivity index is 1.90. The van der Waals surface area contributed by atoms with Gasteiger partial charge in [0.25, 0.3) is 0 Å². The van der Waals surface area contributed by atoms with E-state index in [9.17, 15) is 9.59 Å². The molecule has 0 aliphatic rings. The van der Waals surface area contributed by atoms with Crippen LogP contribution in [0.1, 0.15) is 27.7 Å². The molecule has 0 spiro atoms. The molecule has 2 rings (SSSR count). The first-order chi connectivity index (χ1) is 14.3. The molecule has 0 saturated carbocycles. The monoisotopic (exact) mass is 413 g/mol. The number of para-hydroxylation sites is 2. The number of anilines is 3. The normalized spacial score (nSPS) is 10.9. The molecular weight excluding hydrogens is 382 g/mol. The second-order valence-corrected chi connectivity index (χ2v) is 7.73. The van der Waals surface area contributed by atoms with Crippen molar-refractivity contribution in [1.29, 1.82) is 0 Å². The minimum Gasteiger partial charge on any atom is -0.489 e. The van der Waals surface area contributed by atoms with Crippen LogP contribution in [0.3, 0.4) is 0 Å². The Kier molecular flexibility index (Phi) is 8.68. The molecule has 7 nitrogen and oxygen atoms in total. The van der Waals surface area contributed by atoms with E-state index in [1.807, 2.05) is 58.0 Å². The van der Waals surface area contributed by atoms with Gasteiger partial charge in [0.15, 0.2) is 0 Å². The fourth-order valence-corrected chi connectivity index (χ4v) is 2.45. The SMILES string of the molecule is CCOCCOc1ccccc1NC(=O)CNc1cccc(NC(=O)C(C)(C)C)c1. The van der Waals surface area contributed by atoms with Crippen molar-refractivity contribution in [1.82, 2.24) is 0 Å². The number of benzene rings is 2. The maximum Gasteiger partial charge on any atom is 0.243 e. The Bertz CT molecular complexity index is 846. The lowest BCUT2D eigenvalue weighted by atomic mass is 9.95. The smallest absolute Gasteiger partial charge is 0.243 e. The van der Waals surface area contributed by atoms with Crippen molar-refractivity contribution in [3.05, 3.63) is 48.5 Å². The maximum atomic E-state index is 12.4. The average molecular weight is 414 g/mol. The minimum absolute atomic E-state index is 0.0710. The number of rotatable bonds is 10. The molecule has 0 fully saturated rings. The summed E-state index contributed by atoms with van der Waals surface area (Å²) >= 11 is 0. The highest BCUT2D eigenvalue weighted by molar-refractivity contribution is 5.96. The van der Waals surface area contributed by atoms with Crippen LogP contribution < -0.4 is 20.7 Å². The third-order valence-electron chi connectivity index (χ3n) is 4.11. The van der Waals surface area contributed by atoms with Crippen LogP contribution in [0.4, 0.5) is 17.1 Å². The fraction of sp³-hybridized carbons (Fsp3) is 0.391. The summed E-state index contributed by atoms with van der Waals surface area (Å²) in [5, 5.41) is 8.80. The summed E-state index contributed by atoms with van der Waals surface area (Å²) in [6.07, 6.45) is 0. The summed E-state index contributed by atoms with van der Waals surface area (Å²) in [5.74, 6) is 0.316. The number of hydrogen-bond acceptors (Lipinski definition) is 5. The number of hydrogen-bond donors (Lipinski definition) is 3. The predicted octanol–water partition coefficient (Wildman–Crippen LogP) is 4.14. The van der Waals surface area contributed by atoms with E-state index in [4.69, 9.17) is 9.47 Å². The lowest BCUT2D eigenvalue weighted by Gasteiger charge is -2.18. The number of carbonyl (C=O) groups is 2. The first-order valence-electron chi connectivity index (χ1n) is 10.0. The van der Waals surface area contributed by atoms with Gasteiger partial charge in [-0.1, -0.05) is 39.0 Å². The Labute approximate surface area is 178 Å². The third kappa shape index (κ3) is 7.75. The summed E-state index contributed by atoms with van der Waals surface area (Å²) < 4.78 is 10.9. The van der Waals surface area contributed by atoms with Gasteiger partial charge in [0.1, 0.15) is 12.4 Å². The highest BCUT2D eigenvalue weighted by Gasteiger charge is 2.21. The summed E-state index contributed by atoms with van der Waals surface area (Å²) in [4.78, 5) is 24.5. The van der Waals surface area contributed by atoms with Crippen molar-refractivity contribution in [2.45, 2.75) is 27.7 Å². The highest BCUT2D eigenvalue weighted by atomic mass is 16.5. The molecule has 2 amide bonds. The van der Waals surface area contributed by atoms with E-state index >= 15 is 0 Å². The minimum atomic E-state index is -0.485. The molecule has 0 aliphatic carbocycles. The average Bonchev–Trinajstić information content (AvgIpc) is 2.70. The Hall–Kier alpha value is -3.06. The molecule has 0 aromatic heterocycles. The zero-order valence-corrected chi connectivity index (χ0v) is 18.1. The van der Waals surface area contributed by atoms with Crippen molar-refractivity contribution in [2.75, 3.05) is 42.3 Å². The predicted molar refractivity (Wildman–Crippen MR) is 120 cm³/mol. The maximum absolute atomic E-state index is 12.4. The molecular formula is C23H31N3O4. The number of ether oxygens (including phenoxy) is 2. The molecule has 0 atom stereocenters. The van der Waals surface area contributed by atoms with E-state index in [0.29, 0.717) is 36.9 Å². The fourth-order valence-electron chi connectivity index (χ4n) is 2.45. The van der Waals surface area contributed by atoms with Crippen LogP contribution in [0, 0.1) is 5.41 Å². The van der Waals surface area contributed by atoms with Crippen LogP contribution >= 0.6 is 0 Å². The molecule has 3 N–H and O–H groups in total. The molecule has 2 aromatic carbocycles. The van der Waals surface area contributed by atoms with Crippen molar-refractivity contribution in [2.24, 2.45) is 5.41 Å². The van der Waals surface area contributed by atoms with Gasteiger partial charge in [0, 0.05) is 23.4 Å². The quantitative estimate of drug-likeness (QED) is 0.510. The van der Waals surface area contributed by atoms with Crippen LogP contribution in [0.25, 0.3) is 0 Å². The van der Waals surface area contributed by atoms with Gasteiger partial charge in [0.2, 0.25) is 11.8 Å². The van der Waals surface area contributed by atoms with Crippen molar-refractivity contribution in [3.63, 3.8) is 0 Å². The van der Waals surface area contributed by atoms with Gasteiger partial charge in [-0.2, -0.15) is 0 Å². The molecule has 7 heteroatoms. The Morgan fingerprint density at radius 3 is 2.40 bits per heavy atom. The molecule has 162 valence electrons. The van der Waals surface area contributed by atoms with Crippen molar-refractivity contribution >= 4 is 28.9 Å². The third-order valence-corrected chi connectivity index (χ3v) is 4.11. The van der Waals surface area contributed by atoms with Gasteiger partial charge in [-0.3, -0.25) is 9.59 Å². The Morgan fingerprint density at radius 1 is 0.933 bits per heavy atom. The first kappa shape index (κ1) is 23.2. The van der Waals surface area contributed by atoms with Gasteiger partial charge in [0.05, 0.1) is 18.8 Å². The van der Waals surface area contributed by atoms with Crippen LogP contribution in [0.5, 0.6) is 5.75 Å². The number of amides is 2. The zero-order valence-electron chi connectivity index (χ0n) is 18.1. The summed E-state index contributed by atoms with van der Waals surface area (Å²) in [7, 11) is 0. The van der Waals surface area contributed by atoms with Crippen LogP contribution in [-0.4, -0.2) is 38.2 Å². The molecule has 30 heavy (non-hydrogen) atoms. The highest BCUT2D eigenvalue weighted by Crippen LogP contribution is 2.24. The van der Waals surface area contributed by atoms with Gasteiger partial charge in [-0.25, -0.2) is 0 Å². The molecule has 0 aliphatic heterocycles. The van der Waals surface area contributed by atoms with E-state index in [1.54, 1.807) is 18.2 Å². The summed E-state index contributed by atoms with van der Waals surface area (Å²) in [5.41, 5.74) is 1.53. The van der Waals surface area contributed by atoms with Gasteiger partial charge in [-0.05, 0) is 37.3 Å². The van der Waals surface area contributed by atoms with Gasteiger partial charge < -0.3 is 25.4 Å². The zero-order chi connectivity index (χ0) is 22.0. The van der Waals surface area contributed by atoms with E-state index < -0.39 is 5.41 Å². The number of carbonyl (C=O) groups excluding carboxylic acids is 2. The largest absolute Gasteiger partial charge is 0.489 e. The molecule has 0 bridgehead atoms. The molecule has 0 heterocycles. The number of nitrogens with one attached hydrogen (secondary N) is 3. The van der Waals surface area contributed by atoms with Gasteiger partial charge >= 0.3 is 0 Å². The summed E-state index contributed by atoms with van der Waals surface area (Å²) in [6, 6.07) is 14.5. The standard InChI is InChI=1S/C23H31N3O4/c1-5-29-13-14-30-20-12-7-6-11-19(20)26-21(27)16-24-17-9-8-10-18(15-17)25-22(28)23(2,3)4/h6-12,15,24H,5,13-14,16H2,1-4H3,(H,25,28)(H,26,27). The van der Waals surface area contributed by atoms with E-state index in [1.165, 1.54) is 0 Å². The van der Waals surface area contributed by atoms with E-state index in [0.717, 1.165) is 5.69 Å². The second kappa shape index (κ2) is 11.2.